The number of benzene rings is 1. The van der Waals surface area contributed by atoms with Crippen LogP contribution in [-0.4, -0.2) is 28.7 Å². The summed E-state index contributed by atoms with van der Waals surface area (Å²) in [6.45, 7) is 0.559. The van der Waals surface area contributed by atoms with E-state index in [0.717, 1.165) is 10.9 Å². The number of nitrogens with one attached hydrogen (secondary N) is 1. The summed E-state index contributed by atoms with van der Waals surface area (Å²) >= 11 is 0. The van der Waals surface area contributed by atoms with Gasteiger partial charge in [-0.3, -0.25) is 4.79 Å². The highest BCUT2D eigenvalue weighted by atomic mass is 16.3. The Balaban J connectivity index is 2.12. The third-order valence-corrected chi connectivity index (χ3v) is 2.43. The molecule has 1 heterocycles. The molecule has 4 heteroatoms. The lowest BCUT2D eigenvalue weighted by molar-refractivity contribution is -0.121. The van der Waals surface area contributed by atoms with E-state index in [2.05, 4.69) is 5.32 Å². The van der Waals surface area contributed by atoms with E-state index in [1.165, 1.54) is 0 Å². The molecule has 0 aliphatic heterocycles. The minimum absolute atomic E-state index is 0.0296. The third kappa shape index (κ3) is 2.23. The van der Waals surface area contributed by atoms with E-state index in [1.54, 1.807) is 0 Å². The summed E-state index contributed by atoms with van der Waals surface area (Å²) in [5, 5.41) is 12.3. The van der Waals surface area contributed by atoms with Crippen LogP contribution in [0.25, 0.3) is 10.9 Å². The molecule has 1 amide bonds. The number of carbonyl (C=O) groups excluding carboxylic acids is 1. The summed E-state index contributed by atoms with van der Waals surface area (Å²) in [5.74, 6) is -0.0876. The molecule has 2 N–H and O–H groups in total. The molecule has 0 radical (unpaired) electrons. The predicted octanol–water partition coefficient (Wildman–Crippen LogP) is 0.750. The zero-order valence-electron chi connectivity index (χ0n) is 8.89. The molecular weight excluding hydrogens is 204 g/mol. The first-order valence-corrected chi connectivity index (χ1v) is 5.22. The van der Waals surface area contributed by atoms with E-state index >= 15 is 0 Å². The molecule has 84 valence electrons. The van der Waals surface area contributed by atoms with Gasteiger partial charge in [-0.25, -0.2) is 0 Å². The van der Waals surface area contributed by atoms with Crippen molar-refractivity contribution in [3.05, 3.63) is 36.5 Å². The highest BCUT2D eigenvalue weighted by Crippen LogP contribution is 2.14. The number of hydrogen-bond acceptors (Lipinski definition) is 2. The maximum atomic E-state index is 11.5. The molecule has 1 aromatic heterocycles. The van der Waals surface area contributed by atoms with Crippen molar-refractivity contribution in [2.24, 2.45) is 0 Å². The van der Waals surface area contributed by atoms with Crippen LogP contribution in [0.3, 0.4) is 0 Å². The van der Waals surface area contributed by atoms with Crippen LogP contribution in [0.2, 0.25) is 0 Å². The van der Waals surface area contributed by atoms with E-state index < -0.39 is 0 Å². The second kappa shape index (κ2) is 4.81. The zero-order valence-corrected chi connectivity index (χ0v) is 8.89. The first-order valence-electron chi connectivity index (χ1n) is 5.22. The molecule has 0 saturated carbocycles. The first-order chi connectivity index (χ1) is 7.81. The number of aliphatic hydroxyl groups excluding tert-OH is 1. The molecule has 0 spiro atoms. The average molecular weight is 218 g/mol. The first kappa shape index (κ1) is 10.7. The summed E-state index contributed by atoms with van der Waals surface area (Å²) in [5.41, 5.74) is 1.04. The van der Waals surface area contributed by atoms with E-state index in [9.17, 15) is 4.79 Å². The van der Waals surface area contributed by atoms with Crippen molar-refractivity contribution in [3.63, 3.8) is 0 Å². The fourth-order valence-corrected chi connectivity index (χ4v) is 1.68. The molecule has 0 bridgehead atoms. The van der Waals surface area contributed by atoms with Gasteiger partial charge in [-0.15, -0.1) is 0 Å². The molecule has 2 rings (SSSR count). The van der Waals surface area contributed by atoms with Crippen molar-refractivity contribution in [2.75, 3.05) is 13.2 Å². The molecule has 2 aromatic rings. The second-order valence-electron chi connectivity index (χ2n) is 3.58. The van der Waals surface area contributed by atoms with Crippen molar-refractivity contribution in [1.82, 2.24) is 9.88 Å². The van der Waals surface area contributed by atoms with Crippen LogP contribution in [0.5, 0.6) is 0 Å². The molecule has 16 heavy (non-hydrogen) atoms. The number of hydrogen-bond donors (Lipinski definition) is 2. The standard InChI is InChI=1S/C12H14N2O2/c15-8-6-13-12(16)9-14-7-5-10-3-1-2-4-11(10)14/h1-5,7,15H,6,8-9H2,(H,13,16). The Hall–Kier alpha value is -1.81. The largest absolute Gasteiger partial charge is 0.395 e. The van der Waals surface area contributed by atoms with Crippen LogP contribution in [0.15, 0.2) is 36.5 Å². The number of amides is 1. The van der Waals surface area contributed by atoms with Crippen LogP contribution in [0, 0.1) is 0 Å². The van der Waals surface area contributed by atoms with Crippen LogP contribution in [-0.2, 0) is 11.3 Å². The molecule has 0 aliphatic carbocycles. The Kier molecular flexibility index (Phi) is 3.22. The Bertz CT molecular complexity index is 490. The highest BCUT2D eigenvalue weighted by molar-refractivity contribution is 5.83. The maximum Gasteiger partial charge on any atom is 0.240 e. The van der Waals surface area contributed by atoms with E-state index in [-0.39, 0.29) is 19.1 Å². The molecule has 0 atom stereocenters. The van der Waals surface area contributed by atoms with Gasteiger partial charge in [-0.05, 0) is 17.5 Å². The van der Waals surface area contributed by atoms with Gasteiger partial charge in [0.25, 0.3) is 0 Å². The quantitative estimate of drug-likeness (QED) is 0.795. The molecule has 4 nitrogen and oxygen atoms in total. The van der Waals surface area contributed by atoms with Crippen molar-refractivity contribution < 1.29 is 9.90 Å². The number of nitrogens with zero attached hydrogens (tertiary/aromatic N) is 1. The van der Waals surface area contributed by atoms with Gasteiger partial charge < -0.3 is 15.0 Å². The minimum atomic E-state index is -0.0876. The van der Waals surface area contributed by atoms with Gasteiger partial charge in [0.15, 0.2) is 0 Å². The fraction of sp³-hybridized carbons (Fsp3) is 0.250. The van der Waals surface area contributed by atoms with Gasteiger partial charge in [0.1, 0.15) is 6.54 Å². The SMILES string of the molecule is O=C(Cn1ccc2ccccc21)NCCO. The van der Waals surface area contributed by atoms with E-state index in [0.29, 0.717) is 6.54 Å². The van der Waals surface area contributed by atoms with Crippen molar-refractivity contribution in [3.8, 4) is 0 Å². The number of aliphatic hydroxyl groups is 1. The number of aromatic nitrogens is 1. The number of carbonyl (C=O) groups is 1. The summed E-state index contributed by atoms with van der Waals surface area (Å²) in [7, 11) is 0. The zero-order chi connectivity index (χ0) is 11.4. The summed E-state index contributed by atoms with van der Waals surface area (Å²) in [4.78, 5) is 11.5. The lowest BCUT2D eigenvalue weighted by Crippen LogP contribution is -2.29. The van der Waals surface area contributed by atoms with Crippen molar-refractivity contribution >= 4 is 16.8 Å². The maximum absolute atomic E-state index is 11.5. The van der Waals surface area contributed by atoms with Crippen LogP contribution in [0.4, 0.5) is 0 Å². The number of rotatable bonds is 4. The van der Waals surface area contributed by atoms with E-state index in [4.69, 9.17) is 5.11 Å². The lowest BCUT2D eigenvalue weighted by atomic mass is 10.2. The Labute approximate surface area is 93.5 Å². The number of fused-ring (bicyclic) bond motifs is 1. The van der Waals surface area contributed by atoms with Gasteiger partial charge in [0.2, 0.25) is 5.91 Å². The Morgan fingerprint density at radius 3 is 2.94 bits per heavy atom. The van der Waals surface area contributed by atoms with Gasteiger partial charge in [0, 0.05) is 18.3 Å². The molecular formula is C12H14N2O2. The van der Waals surface area contributed by atoms with Gasteiger partial charge >= 0.3 is 0 Å². The Morgan fingerprint density at radius 2 is 2.12 bits per heavy atom. The minimum Gasteiger partial charge on any atom is -0.395 e. The third-order valence-electron chi connectivity index (χ3n) is 2.43. The van der Waals surface area contributed by atoms with Crippen molar-refractivity contribution in [2.45, 2.75) is 6.54 Å². The average Bonchev–Trinajstić information content (AvgIpc) is 2.70. The topological polar surface area (TPSA) is 54.3 Å². The van der Waals surface area contributed by atoms with E-state index in [1.807, 2.05) is 41.1 Å². The van der Waals surface area contributed by atoms with Crippen LogP contribution >= 0.6 is 0 Å². The highest BCUT2D eigenvalue weighted by Gasteiger charge is 2.04. The smallest absolute Gasteiger partial charge is 0.240 e. The molecule has 0 fully saturated rings. The molecule has 0 unspecified atom stereocenters. The van der Waals surface area contributed by atoms with Gasteiger partial charge in [-0.1, -0.05) is 18.2 Å². The summed E-state index contributed by atoms with van der Waals surface area (Å²) in [6.07, 6.45) is 1.89. The monoisotopic (exact) mass is 218 g/mol. The predicted molar refractivity (Wildman–Crippen MR) is 62.0 cm³/mol. The summed E-state index contributed by atoms with van der Waals surface area (Å²) < 4.78 is 1.89. The fourth-order valence-electron chi connectivity index (χ4n) is 1.68. The lowest BCUT2D eigenvalue weighted by Gasteiger charge is -2.05. The molecule has 1 aromatic carbocycles. The van der Waals surface area contributed by atoms with Crippen molar-refractivity contribution in [1.29, 1.82) is 0 Å². The van der Waals surface area contributed by atoms with Crippen LogP contribution in [0.1, 0.15) is 0 Å². The second-order valence-corrected chi connectivity index (χ2v) is 3.58. The molecule has 0 saturated heterocycles. The Morgan fingerprint density at radius 1 is 1.31 bits per heavy atom. The molecule has 0 aliphatic rings. The van der Waals surface area contributed by atoms with Gasteiger partial charge in [-0.2, -0.15) is 0 Å². The van der Waals surface area contributed by atoms with Gasteiger partial charge in [0.05, 0.1) is 6.61 Å². The normalized spacial score (nSPS) is 10.6. The number of para-hydroxylation sites is 1. The van der Waals surface area contributed by atoms with Crippen LogP contribution < -0.4 is 5.32 Å². The summed E-state index contributed by atoms with van der Waals surface area (Å²) in [6, 6.07) is 9.89.